The summed E-state index contributed by atoms with van der Waals surface area (Å²) in [6.45, 7) is 0. The van der Waals surface area contributed by atoms with Crippen LogP contribution in [-0.4, -0.2) is 14.3 Å². The van der Waals surface area contributed by atoms with E-state index < -0.39 is 15.9 Å². The Hall–Kier alpha value is -1.89. The highest BCUT2D eigenvalue weighted by atomic mass is 35.5. The number of para-hydroxylation sites is 1. The Morgan fingerprint density at radius 3 is 2.25 bits per heavy atom. The number of rotatable bonds is 3. The first-order valence-electron chi connectivity index (χ1n) is 5.56. The number of primary sulfonamides is 1. The van der Waals surface area contributed by atoms with E-state index >= 15 is 0 Å². The lowest BCUT2D eigenvalue weighted by molar-refractivity contribution is 0.102. The van der Waals surface area contributed by atoms with Crippen molar-refractivity contribution in [1.82, 2.24) is 0 Å². The highest BCUT2D eigenvalue weighted by molar-refractivity contribution is 7.89. The van der Waals surface area contributed by atoms with E-state index in [0.29, 0.717) is 10.6 Å². The van der Waals surface area contributed by atoms with Gasteiger partial charge in [-0.2, -0.15) is 0 Å². The highest BCUT2D eigenvalue weighted by Crippen LogP contribution is 2.20. The Balaban J connectivity index is 2.31. The van der Waals surface area contributed by atoms with Crippen LogP contribution < -0.4 is 10.5 Å². The van der Waals surface area contributed by atoms with Crippen molar-refractivity contribution in [3.05, 3.63) is 59.1 Å². The van der Waals surface area contributed by atoms with Gasteiger partial charge in [-0.1, -0.05) is 23.7 Å². The molecule has 0 aliphatic carbocycles. The fraction of sp³-hybridized carbons (Fsp3) is 0. The van der Waals surface area contributed by atoms with Gasteiger partial charge in [0.1, 0.15) is 4.90 Å². The number of hydrogen-bond acceptors (Lipinski definition) is 3. The van der Waals surface area contributed by atoms with Crippen molar-refractivity contribution >= 4 is 33.2 Å². The van der Waals surface area contributed by atoms with Crippen molar-refractivity contribution in [1.29, 1.82) is 0 Å². The maximum Gasteiger partial charge on any atom is 0.255 e. The van der Waals surface area contributed by atoms with Gasteiger partial charge in [-0.05, 0) is 36.4 Å². The molecule has 2 aromatic carbocycles. The Kier molecular flexibility index (Phi) is 4.08. The molecular weight excluding hydrogens is 300 g/mol. The van der Waals surface area contributed by atoms with Crippen molar-refractivity contribution in [2.75, 3.05) is 5.32 Å². The minimum absolute atomic E-state index is 0.134. The van der Waals surface area contributed by atoms with E-state index in [-0.39, 0.29) is 10.6 Å². The molecule has 2 aromatic rings. The smallest absolute Gasteiger partial charge is 0.255 e. The first-order valence-corrected chi connectivity index (χ1v) is 7.49. The number of amides is 1. The molecule has 0 aliphatic heterocycles. The number of benzene rings is 2. The molecule has 1 amide bonds. The lowest BCUT2D eigenvalue weighted by atomic mass is 10.2. The molecule has 3 N–H and O–H groups in total. The van der Waals surface area contributed by atoms with Crippen LogP contribution in [0, 0.1) is 0 Å². The third-order valence-corrected chi connectivity index (χ3v) is 3.77. The van der Waals surface area contributed by atoms with Crippen LogP contribution in [0.4, 0.5) is 5.69 Å². The Labute approximate surface area is 121 Å². The van der Waals surface area contributed by atoms with Gasteiger partial charge in [0.2, 0.25) is 10.0 Å². The summed E-state index contributed by atoms with van der Waals surface area (Å²) in [5.74, 6) is -0.447. The maximum atomic E-state index is 12.0. The summed E-state index contributed by atoms with van der Waals surface area (Å²) in [7, 11) is -3.90. The van der Waals surface area contributed by atoms with Crippen LogP contribution in [0.1, 0.15) is 10.4 Å². The number of anilines is 1. The van der Waals surface area contributed by atoms with Crippen molar-refractivity contribution in [3.8, 4) is 0 Å². The molecule has 2 rings (SSSR count). The molecule has 0 heterocycles. The number of carbonyl (C=O) groups excluding carboxylic acids is 1. The van der Waals surface area contributed by atoms with Crippen molar-refractivity contribution in [2.24, 2.45) is 5.14 Å². The van der Waals surface area contributed by atoms with Crippen LogP contribution in [0.5, 0.6) is 0 Å². The Morgan fingerprint density at radius 2 is 1.65 bits per heavy atom. The average molecular weight is 311 g/mol. The minimum Gasteiger partial charge on any atom is -0.321 e. The van der Waals surface area contributed by atoms with Crippen molar-refractivity contribution in [3.63, 3.8) is 0 Å². The number of halogens is 1. The SMILES string of the molecule is NS(=O)(=O)c1ccccc1NC(=O)c1ccc(Cl)cc1. The predicted molar refractivity (Wildman–Crippen MR) is 77.2 cm³/mol. The van der Waals surface area contributed by atoms with Gasteiger partial charge < -0.3 is 5.32 Å². The molecular formula is C13H11ClN2O3S. The second-order valence-electron chi connectivity index (χ2n) is 4.00. The highest BCUT2D eigenvalue weighted by Gasteiger charge is 2.15. The summed E-state index contributed by atoms with van der Waals surface area (Å²) >= 11 is 5.73. The second-order valence-corrected chi connectivity index (χ2v) is 5.97. The fourth-order valence-corrected chi connectivity index (χ4v) is 2.43. The zero-order valence-corrected chi connectivity index (χ0v) is 11.8. The first-order chi connectivity index (χ1) is 9.38. The van der Waals surface area contributed by atoms with E-state index in [2.05, 4.69) is 5.32 Å². The predicted octanol–water partition coefficient (Wildman–Crippen LogP) is 2.24. The molecule has 0 atom stereocenters. The van der Waals surface area contributed by atoms with Gasteiger partial charge in [-0.3, -0.25) is 4.79 Å². The minimum atomic E-state index is -3.90. The van der Waals surface area contributed by atoms with Gasteiger partial charge in [0.25, 0.3) is 5.91 Å². The summed E-state index contributed by atoms with van der Waals surface area (Å²) in [5, 5.41) is 8.11. The fourth-order valence-electron chi connectivity index (χ4n) is 1.61. The number of hydrogen-bond donors (Lipinski definition) is 2. The standard InChI is InChI=1S/C13H11ClN2O3S/c14-10-7-5-9(6-8-10)13(17)16-11-3-1-2-4-12(11)20(15,18)19/h1-8H,(H,16,17)(H2,15,18,19). The first kappa shape index (κ1) is 14.5. The van der Waals surface area contributed by atoms with Crippen LogP contribution in [0.25, 0.3) is 0 Å². The number of sulfonamides is 1. The molecule has 7 heteroatoms. The van der Waals surface area contributed by atoms with Crippen LogP contribution in [-0.2, 0) is 10.0 Å². The molecule has 0 bridgehead atoms. The van der Waals surface area contributed by atoms with Gasteiger partial charge >= 0.3 is 0 Å². The second kappa shape index (κ2) is 5.62. The van der Waals surface area contributed by atoms with Gasteiger partial charge in [0.15, 0.2) is 0 Å². The Bertz CT molecular complexity index is 742. The molecule has 0 fully saturated rings. The molecule has 0 unspecified atom stereocenters. The topological polar surface area (TPSA) is 89.3 Å². The van der Waals surface area contributed by atoms with Gasteiger partial charge in [0.05, 0.1) is 5.69 Å². The summed E-state index contributed by atoms with van der Waals surface area (Å²) in [5.41, 5.74) is 0.494. The molecule has 0 saturated heterocycles. The molecule has 5 nitrogen and oxygen atoms in total. The van der Waals surface area contributed by atoms with Crippen molar-refractivity contribution in [2.45, 2.75) is 4.90 Å². The number of carbonyl (C=O) groups is 1. The van der Waals surface area contributed by atoms with E-state index in [9.17, 15) is 13.2 Å². The molecule has 0 aliphatic rings. The molecule has 0 aromatic heterocycles. The van der Waals surface area contributed by atoms with E-state index in [1.807, 2.05) is 0 Å². The van der Waals surface area contributed by atoms with Gasteiger partial charge in [-0.25, -0.2) is 13.6 Å². The number of nitrogens with one attached hydrogen (secondary N) is 1. The third kappa shape index (κ3) is 3.36. The van der Waals surface area contributed by atoms with E-state index in [1.54, 1.807) is 18.2 Å². The molecule has 0 saturated carbocycles. The van der Waals surface area contributed by atoms with Gasteiger partial charge in [-0.15, -0.1) is 0 Å². The van der Waals surface area contributed by atoms with Crippen LogP contribution in [0.2, 0.25) is 5.02 Å². The normalized spacial score (nSPS) is 11.1. The van der Waals surface area contributed by atoms with E-state index in [4.69, 9.17) is 16.7 Å². The summed E-state index contributed by atoms with van der Waals surface area (Å²) in [4.78, 5) is 11.9. The molecule has 0 spiro atoms. The zero-order valence-electron chi connectivity index (χ0n) is 10.2. The summed E-state index contributed by atoms with van der Waals surface area (Å²) < 4.78 is 22.9. The molecule has 104 valence electrons. The van der Waals surface area contributed by atoms with E-state index in [0.717, 1.165) is 0 Å². The Morgan fingerprint density at radius 1 is 1.05 bits per heavy atom. The molecule has 20 heavy (non-hydrogen) atoms. The maximum absolute atomic E-state index is 12.0. The van der Waals surface area contributed by atoms with Crippen LogP contribution in [0.3, 0.4) is 0 Å². The monoisotopic (exact) mass is 310 g/mol. The average Bonchev–Trinajstić information content (AvgIpc) is 2.38. The van der Waals surface area contributed by atoms with Crippen LogP contribution >= 0.6 is 11.6 Å². The third-order valence-electron chi connectivity index (χ3n) is 2.55. The number of nitrogens with two attached hydrogens (primary N) is 1. The zero-order chi connectivity index (χ0) is 14.8. The molecule has 0 radical (unpaired) electrons. The quantitative estimate of drug-likeness (QED) is 0.911. The lowest BCUT2D eigenvalue weighted by Gasteiger charge is -2.09. The largest absolute Gasteiger partial charge is 0.321 e. The summed E-state index contributed by atoms with van der Waals surface area (Å²) in [6, 6.07) is 12.1. The lowest BCUT2D eigenvalue weighted by Crippen LogP contribution is -2.18. The van der Waals surface area contributed by atoms with Crippen molar-refractivity contribution < 1.29 is 13.2 Å². The van der Waals surface area contributed by atoms with Crippen LogP contribution in [0.15, 0.2) is 53.4 Å². The summed E-state index contributed by atoms with van der Waals surface area (Å²) in [6.07, 6.45) is 0. The van der Waals surface area contributed by atoms with Gasteiger partial charge in [0, 0.05) is 10.6 Å². The van der Waals surface area contributed by atoms with E-state index in [1.165, 1.54) is 30.3 Å².